The van der Waals surface area contributed by atoms with E-state index in [4.69, 9.17) is 0 Å². The Hall–Kier alpha value is -3.73. The van der Waals surface area contributed by atoms with Crippen molar-refractivity contribution in [3.8, 4) is 11.3 Å². The van der Waals surface area contributed by atoms with Crippen LogP contribution in [0.1, 0.15) is 36.5 Å². The van der Waals surface area contributed by atoms with Crippen LogP contribution in [0, 0.1) is 13.8 Å². The van der Waals surface area contributed by atoms with E-state index in [1.165, 1.54) is 10.2 Å². The molecule has 0 aliphatic rings. The summed E-state index contributed by atoms with van der Waals surface area (Å²) in [6.45, 7) is 8.14. The van der Waals surface area contributed by atoms with Gasteiger partial charge in [-0.05, 0) is 55.2 Å². The molecule has 0 unspecified atom stereocenters. The van der Waals surface area contributed by atoms with Gasteiger partial charge in [-0.3, -0.25) is 9.59 Å². The van der Waals surface area contributed by atoms with Crippen molar-refractivity contribution in [3.63, 3.8) is 0 Å². The van der Waals surface area contributed by atoms with Gasteiger partial charge < -0.3 is 5.32 Å². The van der Waals surface area contributed by atoms with Gasteiger partial charge >= 0.3 is 0 Å². The molecule has 0 spiro atoms. The van der Waals surface area contributed by atoms with Crippen LogP contribution in [0.25, 0.3) is 22.0 Å². The molecule has 0 saturated heterocycles. The van der Waals surface area contributed by atoms with Gasteiger partial charge in [-0.15, -0.1) is 0 Å². The van der Waals surface area contributed by atoms with Crippen molar-refractivity contribution in [3.05, 3.63) is 93.8 Å². The Kier molecular flexibility index (Phi) is 5.91. The molecule has 0 radical (unpaired) electrons. The summed E-state index contributed by atoms with van der Waals surface area (Å²) < 4.78 is 1.26. The van der Waals surface area contributed by atoms with E-state index in [2.05, 4.69) is 36.4 Å². The number of rotatable bonds is 5. The minimum Gasteiger partial charge on any atom is -0.324 e. The fourth-order valence-electron chi connectivity index (χ4n) is 3.82. The van der Waals surface area contributed by atoms with Gasteiger partial charge in [-0.25, -0.2) is 4.68 Å². The molecule has 32 heavy (non-hydrogen) atoms. The second-order valence-corrected chi connectivity index (χ2v) is 8.50. The van der Waals surface area contributed by atoms with Crippen LogP contribution < -0.4 is 10.9 Å². The number of benzene rings is 3. The topological polar surface area (TPSA) is 64.0 Å². The molecular formula is C27H27N3O2. The predicted octanol–water partition coefficient (Wildman–Crippen LogP) is 5.44. The van der Waals surface area contributed by atoms with Crippen molar-refractivity contribution < 1.29 is 4.79 Å². The fourth-order valence-corrected chi connectivity index (χ4v) is 3.82. The number of hydrogen-bond donors (Lipinski definition) is 1. The van der Waals surface area contributed by atoms with Crippen LogP contribution in [-0.4, -0.2) is 15.7 Å². The molecule has 1 aromatic heterocycles. The molecule has 0 aliphatic heterocycles. The first kappa shape index (κ1) is 21.5. The van der Waals surface area contributed by atoms with Crippen LogP contribution in [0.15, 0.2) is 71.5 Å². The molecule has 4 aromatic rings. The molecule has 162 valence electrons. The molecule has 1 heterocycles. The SMILES string of the molecule is Cc1ccc(C)c(-c2nn(CC(=O)Nc3ccc(C(C)C)cc3)c(=O)c3ccccc23)c1. The zero-order valence-corrected chi connectivity index (χ0v) is 18.8. The molecule has 0 fully saturated rings. The number of anilines is 1. The second-order valence-electron chi connectivity index (χ2n) is 8.50. The largest absolute Gasteiger partial charge is 0.324 e. The maximum atomic E-state index is 13.1. The highest BCUT2D eigenvalue weighted by molar-refractivity contribution is 5.95. The van der Waals surface area contributed by atoms with Gasteiger partial charge in [0.05, 0.1) is 11.1 Å². The van der Waals surface area contributed by atoms with Crippen LogP contribution in [0.2, 0.25) is 0 Å². The summed E-state index contributed by atoms with van der Waals surface area (Å²) in [6.07, 6.45) is 0. The second kappa shape index (κ2) is 8.79. The number of carbonyl (C=O) groups excluding carboxylic acids is 1. The summed E-state index contributed by atoms with van der Waals surface area (Å²) in [6, 6.07) is 21.3. The summed E-state index contributed by atoms with van der Waals surface area (Å²) >= 11 is 0. The average Bonchev–Trinajstić information content (AvgIpc) is 2.78. The Morgan fingerprint density at radius 2 is 1.66 bits per heavy atom. The third-order valence-corrected chi connectivity index (χ3v) is 5.67. The molecule has 0 aliphatic carbocycles. The molecule has 5 nitrogen and oxygen atoms in total. The van der Waals surface area contributed by atoms with E-state index in [0.29, 0.717) is 22.7 Å². The third kappa shape index (κ3) is 4.33. The molecule has 4 rings (SSSR count). The van der Waals surface area contributed by atoms with Crippen molar-refractivity contribution in [2.45, 2.75) is 40.2 Å². The maximum Gasteiger partial charge on any atom is 0.275 e. The van der Waals surface area contributed by atoms with Crippen LogP contribution in [0.5, 0.6) is 0 Å². The summed E-state index contributed by atoms with van der Waals surface area (Å²) in [5, 5.41) is 8.84. The van der Waals surface area contributed by atoms with Crippen LogP contribution in [0.3, 0.4) is 0 Å². The first-order valence-corrected chi connectivity index (χ1v) is 10.8. The fraction of sp³-hybridized carbons (Fsp3) is 0.222. The first-order chi connectivity index (χ1) is 15.3. The van der Waals surface area contributed by atoms with E-state index in [9.17, 15) is 9.59 Å². The van der Waals surface area contributed by atoms with E-state index in [0.717, 1.165) is 22.1 Å². The average molecular weight is 426 g/mol. The van der Waals surface area contributed by atoms with Crippen molar-refractivity contribution >= 4 is 22.4 Å². The Balaban J connectivity index is 1.71. The number of nitrogens with zero attached hydrogens (tertiary/aromatic N) is 2. The lowest BCUT2D eigenvalue weighted by Crippen LogP contribution is -2.30. The highest BCUT2D eigenvalue weighted by Gasteiger charge is 2.16. The van der Waals surface area contributed by atoms with Gasteiger partial charge in [0.15, 0.2) is 0 Å². The number of aryl methyl sites for hydroxylation is 2. The lowest BCUT2D eigenvalue weighted by atomic mass is 9.99. The smallest absolute Gasteiger partial charge is 0.275 e. The van der Waals surface area contributed by atoms with Gasteiger partial charge in [-0.1, -0.05) is 61.9 Å². The minimum absolute atomic E-state index is 0.159. The highest BCUT2D eigenvalue weighted by atomic mass is 16.2. The van der Waals surface area contributed by atoms with E-state index < -0.39 is 0 Å². The number of aromatic nitrogens is 2. The Morgan fingerprint density at radius 3 is 2.34 bits per heavy atom. The Bertz CT molecular complexity index is 1350. The predicted molar refractivity (Wildman–Crippen MR) is 130 cm³/mol. The van der Waals surface area contributed by atoms with Crippen molar-refractivity contribution in [2.75, 3.05) is 5.32 Å². The molecule has 3 aromatic carbocycles. The van der Waals surface area contributed by atoms with E-state index in [-0.39, 0.29) is 18.0 Å². The van der Waals surface area contributed by atoms with E-state index >= 15 is 0 Å². The van der Waals surface area contributed by atoms with E-state index in [1.807, 2.05) is 62.4 Å². The van der Waals surface area contributed by atoms with Crippen molar-refractivity contribution in [1.29, 1.82) is 0 Å². The summed E-state index contributed by atoms with van der Waals surface area (Å²) in [5.41, 5.74) is 5.46. The van der Waals surface area contributed by atoms with Crippen LogP contribution >= 0.6 is 0 Å². The highest BCUT2D eigenvalue weighted by Crippen LogP contribution is 2.28. The normalized spacial score (nSPS) is 11.2. The summed E-state index contributed by atoms with van der Waals surface area (Å²) in [5.74, 6) is 0.128. The number of amides is 1. The first-order valence-electron chi connectivity index (χ1n) is 10.8. The molecule has 1 amide bonds. The lowest BCUT2D eigenvalue weighted by molar-refractivity contribution is -0.117. The third-order valence-electron chi connectivity index (χ3n) is 5.67. The van der Waals surface area contributed by atoms with Crippen LogP contribution in [-0.2, 0) is 11.3 Å². The quantitative estimate of drug-likeness (QED) is 0.463. The number of nitrogens with one attached hydrogen (secondary N) is 1. The summed E-state index contributed by atoms with van der Waals surface area (Å²) in [4.78, 5) is 25.8. The van der Waals surface area contributed by atoms with E-state index in [1.54, 1.807) is 6.07 Å². The monoisotopic (exact) mass is 425 g/mol. The van der Waals surface area contributed by atoms with Crippen molar-refractivity contribution in [1.82, 2.24) is 9.78 Å². The number of fused-ring (bicyclic) bond motifs is 1. The minimum atomic E-state index is -0.293. The van der Waals surface area contributed by atoms with Gasteiger partial charge in [0.2, 0.25) is 5.91 Å². The molecular weight excluding hydrogens is 398 g/mol. The standard InChI is InChI=1S/C27H27N3O2/c1-17(2)20-11-13-21(14-12-20)28-25(31)16-30-27(32)23-8-6-5-7-22(23)26(29-30)24-15-18(3)9-10-19(24)4/h5-15,17H,16H2,1-4H3,(H,28,31). The van der Waals surface area contributed by atoms with Gasteiger partial charge in [0, 0.05) is 16.6 Å². The zero-order chi connectivity index (χ0) is 22.8. The Morgan fingerprint density at radius 1 is 0.969 bits per heavy atom. The Labute approximate surface area is 187 Å². The van der Waals surface area contributed by atoms with Gasteiger partial charge in [0.1, 0.15) is 6.54 Å². The number of hydrogen-bond acceptors (Lipinski definition) is 3. The molecule has 0 atom stereocenters. The lowest BCUT2D eigenvalue weighted by Gasteiger charge is -2.14. The van der Waals surface area contributed by atoms with Gasteiger partial charge in [-0.2, -0.15) is 5.10 Å². The van der Waals surface area contributed by atoms with Crippen molar-refractivity contribution in [2.24, 2.45) is 0 Å². The molecule has 5 heteroatoms. The number of carbonyl (C=O) groups is 1. The van der Waals surface area contributed by atoms with Gasteiger partial charge in [0.25, 0.3) is 5.56 Å². The summed E-state index contributed by atoms with van der Waals surface area (Å²) in [7, 11) is 0. The maximum absolute atomic E-state index is 13.1. The molecule has 1 N–H and O–H groups in total. The zero-order valence-electron chi connectivity index (χ0n) is 18.8. The molecule has 0 bridgehead atoms. The molecule has 0 saturated carbocycles. The van der Waals surface area contributed by atoms with Crippen LogP contribution in [0.4, 0.5) is 5.69 Å².